The van der Waals surface area contributed by atoms with Crippen LogP contribution < -0.4 is 9.46 Å². The van der Waals surface area contributed by atoms with Gasteiger partial charge in [-0.1, -0.05) is 15.9 Å². The molecule has 9 heteroatoms. The molecule has 0 aliphatic rings. The number of aliphatic carboxylic acids is 1. The Balaban J connectivity index is 2.18. The highest BCUT2D eigenvalue weighted by Crippen LogP contribution is 2.24. The molecule has 1 atom stereocenters. The fraction of sp³-hybridized carbons (Fsp3) is 0.235. The van der Waals surface area contributed by atoms with Crippen LogP contribution in [0.5, 0.6) is 11.5 Å². The highest BCUT2D eigenvalue weighted by Gasteiger charge is 2.37. The zero-order chi connectivity index (χ0) is 19.5. The number of aliphatic hydroxyl groups is 1. The van der Waals surface area contributed by atoms with Gasteiger partial charge in [-0.25, -0.2) is 8.42 Å². The van der Waals surface area contributed by atoms with Gasteiger partial charge in [-0.15, -0.1) is 0 Å². The molecule has 0 amide bonds. The molecular weight excluding hydrogens is 426 g/mol. The Hall–Kier alpha value is -1.94. The molecule has 0 saturated heterocycles. The van der Waals surface area contributed by atoms with E-state index >= 15 is 0 Å². The minimum atomic E-state index is -4.14. The van der Waals surface area contributed by atoms with Crippen LogP contribution >= 0.6 is 15.9 Å². The van der Waals surface area contributed by atoms with Crippen molar-refractivity contribution in [1.29, 1.82) is 0 Å². The summed E-state index contributed by atoms with van der Waals surface area (Å²) < 4.78 is 33.2. The van der Waals surface area contributed by atoms with Crippen molar-refractivity contribution >= 4 is 31.9 Å². The Bertz CT molecular complexity index is 873. The van der Waals surface area contributed by atoms with E-state index in [9.17, 15) is 18.3 Å². The van der Waals surface area contributed by atoms with Gasteiger partial charge in [-0.3, -0.25) is 4.79 Å². The monoisotopic (exact) mass is 443 g/mol. The maximum Gasteiger partial charge on any atom is 0.324 e. The summed E-state index contributed by atoms with van der Waals surface area (Å²) in [5.41, 5.74) is -1.77. The van der Waals surface area contributed by atoms with E-state index < -0.39 is 27.6 Å². The van der Waals surface area contributed by atoms with Crippen LogP contribution in [-0.4, -0.2) is 36.2 Å². The zero-order valence-corrected chi connectivity index (χ0v) is 16.4. The number of carboxylic acids is 1. The van der Waals surface area contributed by atoms with Gasteiger partial charge in [-0.05, 0) is 62.4 Å². The molecule has 0 heterocycles. The number of benzene rings is 2. The fourth-order valence-electron chi connectivity index (χ4n) is 2.05. The van der Waals surface area contributed by atoms with Crippen molar-refractivity contribution in [1.82, 2.24) is 4.72 Å². The molecule has 0 fully saturated rings. The number of rotatable bonds is 7. The van der Waals surface area contributed by atoms with Crippen molar-refractivity contribution in [3.05, 3.63) is 53.0 Å². The van der Waals surface area contributed by atoms with Crippen LogP contribution in [0.15, 0.2) is 57.9 Å². The van der Waals surface area contributed by atoms with Crippen molar-refractivity contribution in [2.24, 2.45) is 0 Å². The van der Waals surface area contributed by atoms with Gasteiger partial charge in [0, 0.05) is 4.47 Å². The number of carboxylic acid groups (broad SMARTS) is 1. The van der Waals surface area contributed by atoms with Crippen molar-refractivity contribution in [3.8, 4) is 11.5 Å². The predicted octanol–water partition coefficient (Wildman–Crippen LogP) is 2.74. The van der Waals surface area contributed by atoms with Crippen molar-refractivity contribution in [3.63, 3.8) is 0 Å². The number of nitrogens with one attached hydrogen (secondary N) is 1. The van der Waals surface area contributed by atoms with E-state index in [-0.39, 0.29) is 4.90 Å². The molecule has 0 aliphatic heterocycles. The van der Waals surface area contributed by atoms with Gasteiger partial charge in [-0.2, -0.15) is 4.72 Å². The summed E-state index contributed by atoms with van der Waals surface area (Å²) in [6, 6.07) is 10.9. The summed E-state index contributed by atoms with van der Waals surface area (Å²) in [7, 11) is -4.14. The molecule has 2 aromatic carbocycles. The van der Waals surface area contributed by atoms with E-state index in [0.29, 0.717) is 11.5 Å². The topological polar surface area (TPSA) is 113 Å². The first kappa shape index (κ1) is 20.4. The normalized spacial score (nSPS) is 13.2. The van der Waals surface area contributed by atoms with Gasteiger partial charge in [0.2, 0.25) is 10.0 Å². The maximum absolute atomic E-state index is 12.4. The Morgan fingerprint density at radius 1 is 1.08 bits per heavy atom. The number of sulfonamides is 1. The molecular formula is C17H18BrNO6S. The molecule has 0 unspecified atom stereocenters. The minimum Gasteiger partial charge on any atom is -0.480 e. The smallest absolute Gasteiger partial charge is 0.324 e. The molecule has 140 valence electrons. The van der Waals surface area contributed by atoms with Gasteiger partial charge in [0.25, 0.3) is 0 Å². The van der Waals surface area contributed by atoms with E-state index in [1.165, 1.54) is 38.1 Å². The number of hydrogen-bond donors (Lipinski definition) is 3. The molecule has 0 aliphatic carbocycles. The fourth-order valence-corrected chi connectivity index (χ4v) is 3.64. The standard InChI is InChI=1S/C17H18BrNO6S/c1-17(2,22)15(16(20)21)19-26(23,24)14-9-7-13(8-10-14)25-12-5-3-11(18)4-6-12/h3-10,15,19,22H,1-2H3,(H,20,21)/t15-/m0/s1. The lowest BCUT2D eigenvalue weighted by molar-refractivity contribution is -0.144. The van der Waals surface area contributed by atoms with Crippen molar-refractivity contribution in [2.75, 3.05) is 0 Å². The molecule has 0 saturated carbocycles. The van der Waals surface area contributed by atoms with E-state index in [1.807, 2.05) is 4.72 Å². The average molecular weight is 444 g/mol. The van der Waals surface area contributed by atoms with Gasteiger partial charge in [0.05, 0.1) is 10.5 Å². The third-order valence-corrected chi connectivity index (χ3v) is 5.38. The van der Waals surface area contributed by atoms with E-state index in [2.05, 4.69) is 15.9 Å². The first-order valence-corrected chi connectivity index (χ1v) is 9.78. The molecule has 0 aromatic heterocycles. The van der Waals surface area contributed by atoms with Gasteiger partial charge < -0.3 is 14.9 Å². The number of hydrogen-bond acceptors (Lipinski definition) is 5. The molecule has 2 aromatic rings. The third-order valence-electron chi connectivity index (χ3n) is 3.41. The molecule has 3 N–H and O–H groups in total. The van der Waals surface area contributed by atoms with Crippen LogP contribution in [0.3, 0.4) is 0 Å². The lowest BCUT2D eigenvalue weighted by Crippen LogP contribution is -2.53. The van der Waals surface area contributed by atoms with E-state index in [4.69, 9.17) is 9.84 Å². The second-order valence-corrected chi connectivity index (χ2v) is 8.70. The number of halogens is 1. The summed E-state index contributed by atoms with van der Waals surface area (Å²) in [6.45, 7) is 2.42. The Morgan fingerprint density at radius 3 is 1.96 bits per heavy atom. The highest BCUT2D eigenvalue weighted by atomic mass is 79.9. The second-order valence-electron chi connectivity index (χ2n) is 6.07. The number of ether oxygens (including phenoxy) is 1. The van der Waals surface area contributed by atoms with Crippen LogP contribution in [-0.2, 0) is 14.8 Å². The minimum absolute atomic E-state index is 0.142. The van der Waals surface area contributed by atoms with E-state index in [1.54, 1.807) is 24.3 Å². The van der Waals surface area contributed by atoms with Gasteiger partial charge >= 0.3 is 5.97 Å². The molecule has 0 spiro atoms. The van der Waals surface area contributed by atoms with Gasteiger partial charge in [0.1, 0.15) is 17.5 Å². The van der Waals surface area contributed by atoms with Crippen LogP contribution in [0.25, 0.3) is 0 Å². The van der Waals surface area contributed by atoms with Crippen LogP contribution in [0.2, 0.25) is 0 Å². The van der Waals surface area contributed by atoms with Crippen molar-refractivity contribution in [2.45, 2.75) is 30.4 Å². The summed E-state index contributed by atoms with van der Waals surface area (Å²) in [6.07, 6.45) is 0. The second kappa shape index (κ2) is 7.75. The van der Waals surface area contributed by atoms with Crippen molar-refractivity contribution < 1.29 is 28.2 Å². The van der Waals surface area contributed by atoms with E-state index in [0.717, 1.165) is 4.47 Å². The zero-order valence-electron chi connectivity index (χ0n) is 14.0. The lowest BCUT2D eigenvalue weighted by Gasteiger charge is -2.26. The predicted molar refractivity (Wildman–Crippen MR) is 98.7 cm³/mol. The maximum atomic E-state index is 12.4. The summed E-state index contributed by atoms with van der Waals surface area (Å²) >= 11 is 3.32. The summed E-state index contributed by atoms with van der Waals surface area (Å²) in [4.78, 5) is 11.1. The van der Waals surface area contributed by atoms with Crippen LogP contribution in [0.4, 0.5) is 0 Å². The Morgan fingerprint density at radius 2 is 1.54 bits per heavy atom. The molecule has 26 heavy (non-hydrogen) atoms. The molecule has 2 rings (SSSR count). The quantitative estimate of drug-likeness (QED) is 0.606. The van der Waals surface area contributed by atoms with Crippen LogP contribution in [0.1, 0.15) is 13.8 Å². The first-order valence-electron chi connectivity index (χ1n) is 7.50. The largest absolute Gasteiger partial charge is 0.480 e. The lowest BCUT2D eigenvalue weighted by atomic mass is 10.0. The highest BCUT2D eigenvalue weighted by molar-refractivity contribution is 9.10. The molecule has 7 nitrogen and oxygen atoms in total. The summed E-state index contributed by atoms with van der Waals surface area (Å²) in [5.74, 6) is -0.477. The number of carbonyl (C=O) groups is 1. The average Bonchev–Trinajstić information content (AvgIpc) is 2.54. The Kier molecular flexibility index (Phi) is 6.07. The Labute approximate surface area is 159 Å². The van der Waals surface area contributed by atoms with Gasteiger partial charge in [0.15, 0.2) is 0 Å². The first-order chi connectivity index (χ1) is 12.0. The molecule has 0 radical (unpaired) electrons. The third kappa shape index (κ3) is 5.28. The van der Waals surface area contributed by atoms with Crippen LogP contribution in [0, 0.1) is 0 Å². The SMILES string of the molecule is CC(C)(O)[C@@H](NS(=O)(=O)c1ccc(Oc2ccc(Br)cc2)cc1)C(=O)O. The summed E-state index contributed by atoms with van der Waals surface area (Å²) in [5, 5.41) is 19.0. The molecule has 0 bridgehead atoms.